The van der Waals surface area contributed by atoms with Crippen LogP contribution in [0.25, 0.3) is 0 Å². The van der Waals surface area contributed by atoms with E-state index < -0.39 is 18.1 Å². The Morgan fingerprint density at radius 3 is 2.47 bits per heavy atom. The van der Waals surface area contributed by atoms with E-state index in [1.807, 2.05) is 37.2 Å². The molecule has 2 aromatic carbocycles. The van der Waals surface area contributed by atoms with E-state index in [-0.39, 0.29) is 18.1 Å². The molecule has 6 rings (SSSR count). The molecule has 4 fully saturated rings. The molecule has 3 saturated heterocycles. The lowest BCUT2D eigenvalue weighted by Gasteiger charge is -2.49. The third kappa shape index (κ3) is 2.96. The van der Waals surface area contributed by atoms with Crippen molar-refractivity contribution in [2.24, 2.45) is 5.92 Å². The van der Waals surface area contributed by atoms with Gasteiger partial charge in [-0.25, -0.2) is 0 Å². The number of fused-ring (bicyclic) bond motifs is 2. The molecule has 0 aromatic heterocycles. The number of aliphatic hydroxyl groups excluding tert-OH is 1. The van der Waals surface area contributed by atoms with Crippen LogP contribution in [0.2, 0.25) is 0 Å². The average molecular weight is 424 g/mol. The Labute approximate surface area is 181 Å². The molecule has 156 valence electrons. The van der Waals surface area contributed by atoms with Crippen molar-refractivity contribution in [3.05, 3.63) is 60.2 Å². The molecule has 6 nitrogen and oxygen atoms in total. The van der Waals surface area contributed by atoms with Gasteiger partial charge in [0.1, 0.15) is 6.10 Å². The first kappa shape index (κ1) is 19.3. The predicted molar refractivity (Wildman–Crippen MR) is 119 cm³/mol. The Hall–Kier alpha value is -2.64. The van der Waals surface area contributed by atoms with E-state index in [4.69, 9.17) is 17.0 Å². The smallest absolute Gasteiger partial charge is 0.311 e. The number of nitrogens with zero attached hydrogens (tertiary/aromatic N) is 3. The predicted octanol–water partition coefficient (Wildman–Crippen LogP) is 2.40. The molecule has 0 amide bonds. The van der Waals surface area contributed by atoms with Crippen LogP contribution in [0.4, 0.5) is 11.4 Å². The molecular formula is C23H25N3O3S. The molecule has 3 aliphatic heterocycles. The van der Waals surface area contributed by atoms with Crippen molar-refractivity contribution in [2.75, 3.05) is 23.9 Å². The molecule has 4 aliphatic rings. The van der Waals surface area contributed by atoms with Gasteiger partial charge in [-0.1, -0.05) is 30.3 Å². The van der Waals surface area contributed by atoms with Crippen molar-refractivity contribution in [3.8, 4) is 0 Å². The zero-order chi connectivity index (χ0) is 21.0. The summed E-state index contributed by atoms with van der Waals surface area (Å²) in [7, 11) is 4.01. The maximum Gasteiger partial charge on any atom is 0.311 e. The number of carbonyl (C=O) groups is 1. The lowest BCUT2D eigenvalue weighted by atomic mass is 9.74. The minimum Gasteiger partial charge on any atom is -0.457 e. The number of thiocarbonyl (C=S) groups is 1. The fraction of sp³-hybridized carbons (Fsp3) is 0.391. The molecule has 30 heavy (non-hydrogen) atoms. The number of esters is 1. The van der Waals surface area contributed by atoms with E-state index in [1.54, 1.807) is 0 Å². The van der Waals surface area contributed by atoms with E-state index in [2.05, 4.69) is 46.2 Å². The molecule has 2 aromatic rings. The topological polar surface area (TPSA) is 56.2 Å². The number of rotatable bonds is 4. The summed E-state index contributed by atoms with van der Waals surface area (Å²) in [6, 6.07) is 18.0. The lowest BCUT2D eigenvalue weighted by molar-refractivity contribution is -0.194. The van der Waals surface area contributed by atoms with Crippen molar-refractivity contribution in [3.63, 3.8) is 0 Å². The molecule has 1 saturated carbocycles. The number of hydrogen-bond acceptors (Lipinski definition) is 5. The van der Waals surface area contributed by atoms with Gasteiger partial charge in [-0.2, -0.15) is 0 Å². The second-order valence-electron chi connectivity index (χ2n) is 8.47. The Bertz CT molecular complexity index is 965. The number of ether oxygens (including phenoxy) is 1. The van der Waals surface area contributed by atoms with Gasteiger partial charge in [0, 0.05) is 32.0 Å². The molecule has 0 radical (unpaired) electrons. The Morgan fingerprint density at radius 1 is 1.10 bits per heavy atom. The van der Waals surface area contributed by atoms with Crippen LogP contribution < -0.4 is 9.80 Å². The Balaban J connectivity index is 1.55. The highest BCUT2D eigenvalue weighted by atomic mass is 32.1. The minimum atomic E-state index is -0.661. The Morgan fingerprint density at radius 2 is 1.80 bits per heavy atom. The van der Waals surface area contributed by atoms with Crippen LogP contribution in [0.3, 0.4) is 0 Å². The number of benzene rings is 2. The first-order chi connectivity index (χ1) is 14.5. The Kier molecular flexibility index (Phi) is 4.67. The quantitative estimate of drug-likeness (QED) is 0.599. The van der Waals surface area contributed by atoms with E-state index >= 15 is 0 Å². The number of carbonyl (C=O) groups excluding carboxylic acids is 1. The van der Waals surface area contributed by atoms with Crippen LogP contribution in [0.1, 0.15) is 12.0 Å². The summed E-state index contributed by atoms with van der Waals surface area (Å²) in [6.45, 7) is 0.612. The van der Waals surface area contributed by atoms with Gasteiger partial charge >= 0.3 is 5.97 Å². The number of hydrogen-bond donors (Lipinski definition) is 1. The van der Waals surface area contributed by atoms with Crippen molar-refractivity contribution < 1.29 is 14.6 Å². The summed E-state index contributed by atoms with van der Waals surface area (Å²) in [5.74, 6) is -0.631. The second kappa shape index (κ2) is 7.25. The molecule has 0 spiro atoms. The van der Waals surface area contributed by atoms with Gasteiger partial charge in [0.2, 0.25) is 0 Å². The van der Waals surface area contributed by atoms with Gasteiger partial charge < -0.3 is 24.5 Å². The van der Waals surface area contributed by atoms with Gasteiger partial charge in [-0.3, -0.25) is 4.79 Å². The molecular weight excluding hydrogens is 398 g/mol. The van der Waals surface area contributed by atoms with Gasteiger partial charge in [0.25, 0.3) is 0 Å². The maximum atomic E-state index is 12.6. The lowest BCUT2D eigenvalue weighted by Crippen LogP contribution is -2.66. The highest BCUT2D eigenvalue weighted by Crippen LogP contribution is 2.46. The van der Waals surface area contributed by atoms with Crippen LogP contribution in [-0.2, 0) is 16.1 Å². The molecule has 1 N–H and O–H groups in total. The fourth-order valence-electron chi connectivity index (χ4n) is 5.03. The summed E-state index contributed by atoms with van der Waals surface area (Å²) in [6.07, 6.45) is -0.815. The zero-order valence-corrected chi connectivity index (χ0v) is 17.8. The minimum absolute atomic E-state index is 0.138. The van der Waals surface area contributed by atoms with Crippen molar-refractivity contribution in [1.82, 2.24) is 4.90 Å². The SMILES string of the molecule is CN(C)c1ccc(N2C(=S)N(Cc3ccccc3)[C@H]3[C@H]4OC(=O)[C@@H](C[C@H]4O)[C@H]32)cc1. The van der Waals surface area contributed by atoms with Crippen LogP contribution in [0, 0.1) is 5.92 Å². The summed E-state index contributed by atoms with van der Waals surface area (Å²) in [4.78, 5) is 18.9. The molecule has 5 atom stereocenters. The first-order valence-corrected chi connectivity index (χ1v) is 10.7. The molecule has 0 unspecified atom stereocenters. The van der Waals surface area contributed by atoms with Crippen LogP contribution in [-0.4, -0.2) is 59.5 Å². The first-order valence-electron chi connectivity index (χ1n) is 10.3. The van der Waals surface area contributed by atoms with Gasteiger partial charge in [0.15, 0.2) is 5.11 Å². The van der Waals surface area contributed by atoms with Gasteiger partial charge in [-0.15, -0.1) is 0 Å². The monoisotopic (exact) mass is 423 g/mol. The third-order valence-corrected chi connectivity index (χ3v) is 6.91. The molecule has 1 aliphatic carbocycles. The molecule has 7 heteroatoms. The van der Waals surface area contributed by atoms with Crippen molar-refractivity contribution in [2.45, 2.75) is 37.3 Å². The standard InChI is InChI=1S/C23H25N3O3S/c1-24(2)15-8-10-16(11-9-15)26-19-17-12-18(27)21(29-22(17)28)20(19)25(23(26)30)13-14-6-4-3-5-7-14/h3-11,17-21,27H,12-13H2,1-2H3/t17-,18+,19+,20+,21-/m0/s1. The van der Waals surface area contributed by atoms with Crippen LogP contribution >= 0.6 is 12.2 Å². The highest BCUT2D eigenvalue weighted by molar-refractivity contribution is 7.80. The highest BCUT2D eigenvalue weighted by Gasteiger charge is 2.62. The van der Waals surface area contributed by atoms with E-state index in [9.17, 15) is 9.90 Å². The van der Waals surface area contributed by atoms with Gasteiger partial charge in [0.05, 0.1) is 24.1 Å². The van der Waals surface area contributed by atoms with Crippen LogP contribution in [0.15, 0.2) is 54.6 Å². The number of anilines is 2. The normalized spacial score (nSPS) is 29.8. The summed E-state index contributed by atoms with van der Waals surface area (Å²) >= 11 is 5.95. The molecule has 3 heterocycles. The van der Waals surface area contributed by atoms with E-state index in [1.165, 1.54) is 0 Å². The summed E-state index contributed by atoms with van der Waals surface area (Å²) in [5.41, 5.74) is 3.19. The van der Waals surface area contributed by atoms with E-state index in [0.29, 0.717) is 18.1 Å². The van der Waals surface area contributed by atoms with Gasteiger partial charge in [-0.05, 0) is 48.5 Å². The largest absolute Gasteiger partial charge is 0.457 e. The van der Waals surface area contributed by atoms with Crippen LogP contribution in [0.5, 0.6) is 0 Å². The summed E-state index contributed by atoms with van der Waals surface area (Å²) in [5, 5.41) is 11.3. The van der Waals surface area contributed by atoms with Crippen molar-refractivity contribution in [1.29, 1.82) is 0 Å². The fourth-order valence-corrected chi connectivity index (χ4v) is 5.45. The summed E-state index contributed by atoms with van der Waals surface area (Å²) < 4.78 is 5.64. The maximum absolute atomic E-state index is 12.6. The second-order valence-corrected chi connectivity index (χ2v) is 8.83. The number of aliphatic hydroxyl groups is 1. The van der Waals surface area contributed by atoms with E-state index in [0.717, 1.165) is 16.9 Å². The third-order valence-electron chi connectivity index (χ3n) is 6.48. The van der Waals surface area contributed by atoms with Crippen molar-refractivity contribution >= 4 is 34.7 Å². The average Bonchev–Trinajstić information content (AvgIpc) is 3.03. The molecule has 2 bridgehead atoms. The zero-order valence-electron chi connectivity index (χ0n) is 17.0.